The molecule has 5 saturated heterocycles. The number of fused-ring (bicyclic) bond motifs is 1. The van der Waals surface area contributed by atoms with E-state index in [4.69, 9.17) is 18.9 Å². The van der Waals surface area contributed by atoms with Crippen molar-refractivity contribution in [3.63, 3.8) is 0 Å². The van der Waals surface area contributed by atoms with Gasteiger partial charge in [-0.25, -0.2) is 4.79 Å². The number of allylic oxidation sites excluding steroid dienone is 2. The molecule has 150 valence electrons. The molecule has 0 amide bonds. The van der Waals surface area contributed by atoms with Gasteiger partial charge in [0, 0.05) is 18.5 Å². The zero-order chi connectivity index (χ0) is 19.4. The molecule has 6 heterocycles. The van der Waals surface area contributed by atoms with Crippen molar-refractivity contribution in [3.05, 3.63) is 35.0 Å². The number of cyclic esters (lactones) is 1. The third kappa shape index (κ3) is 1.60. The van der Waals surface area contributed by atoms with Crippen LogP contribution >= 0.6 is 0 Å². The molecule has 0 N–H and O–H groups in total. The minimum absolute atomic E-state index is 0.0286. The van der Waals surface area contributed by atoms with E-state index in [9.17, 15) is 4.79 Å². The summed E-state index contributed by atoms with van der Waals surface area (Å²) < 4.78 is 24.5. The van der Waals surface area contributed by atoms with E-state index in [-0.39, 0.29) is 29.4 Å². The van der Waals surface area contributed by atoms with Crippen LogP contribution in [0.1, 0.15) is 40.0 Å². The second-order valence-electron chi connectivity index (χ2n) is 9.02. The Hall–Kier alpha value is -1.79. The molecular formula is C22H27NO5. The second-order valence-corrected chi connectivity index (χ2v) is 9.02. The van der Waals surface area contributed by atoms with Gasteiger partial charge in [0.1, 0.15) is 5.76 Å². The molecule has 5 bridgehead atoms. The van der Waals surface area contributed by atoms with Gasteiger partial charge in [0.2, 0.25) is 11.5 Å². The maximum absolute atomic E-state index is 12.2. The summed E-state index contributed by atoms with van der Waals surface area (Å²) in [6.07, 6.45) is 8.04. The van der Waals surface area contributed by atoms with Gasteiger partial charge in [0.05, 0.1) is 36.2 Å². The largest absolute Gasteiger partial charge is 0.492 e. The summed E-state index contributed by atoms with van der Waals surface area (Å²) in [7, 11) is 1.57. The number of rotatable bonds is 3. The Bertz CT molecular complexity index is 874. The first-order valence-electron chi connectivity index (χ1n) is 10.5. The quantitative estimate of drug-likeness (QED) is 0.550. The van der Waals surface area contributed by atoms with Crippen molar-refractivity contribution in [1.82, 2.24) is 4.90 Å². The lowest BCUT2D eigenvalue weighted by molar-refractivity contribution is -0.255. The molecule has 0 aliphatic carbocycles. The van der Waals surface area contributed by atoms with Crippen LogP contribution in [-0.4, -0.2) is 48.0 Å². The number of methoxy groups -OCH3 is 1. The molecule has 6 aliphatic heterocycles. The summed E-state index contributed by atoms with van der Waals surface area (Å²) >= 11 is 0. The average molecular weight is 385 g/mol. The summed E-state index contributed by atoms with van der Waals surface area (Å²) in [5.41, 5.74) is 0.467. The smallest absolute Gasteiger partial charge is 0.343 e. The lowest BCUT2D eigenvalue weighted by atomic mass is 9.71. The van der Waals surface area contributed by atoms with Crippen molar-refractivity contribution in [3.8, 4) is 0 Å². The Labute approximate surface area is 165 Å². The monoisotopic (exact) mass is 385 g/mol. The first-order chi connectivity index (χ1) is 13.5. The molecule has 8 atom stereocenters. The first-order valence-corrected chi connectivity index (χ1v) is 10.5. The van der Waals surface area contributed by atoms with Gasteiger partial charge >= 0.3 is 5.97 Å². The van der Waals surface area contributed by atoms with Gasteiger partial charge in [-0.2, -0.15) is 0 Å². The molecule has 6 heteroatoms. The lowest BCUT2D eigenvalue weighted by Crippen LogP contribution is -2.60. The average Bonchev–Trinajstić information content (AvgIpc) is 3.38. The molecule has 0 aromatic rings. The number of piperidine rings is 1. The molecule has 6 nitrogen and oxygen atoms in total. The van der Waals surface area contributed by atoms with Crippen LogP contribution in [0.25, 0.3) is 0 Å². The van der Waals surface area contributed by atoms with Crippen molar-refractivity contribution in [2.45, 2.75) is 63.5 Å². The van der Waals surface area contributed by atoms with Crippen LogP contribution in [0.2, 0.25) is 0 Å². The normalized spacial score (nSPS) is 52.8. The highest BCUT2D eigenvalue weighted by Crippen LogP contribution is 2.72. The summed E-state index contributed by atoms with van der Waals surface area (Å²) in [5, 5.41) is 0. The van der Waals surface area contributed by atoms with E-state index in [2.05, 4.69) is 30.9 Å². The number of carbonyl (C=O) groups excluding carboxylic acids is 1. The fourth-order valence-corrected chi connectivity index (χ4v) is 7.22. The van der Waals surface area contributed by atoms with Crippen molar-refractivity contribution in [2.24, 2.45) is 17.8 Å². The molecule has 6 aliphatic rings. The van der Waals surface area contributed by atoms with Gasteiger partial charge in [-0.05, 0) is 26.2 Å². The topological polar surface area (TPSA) is 57.2 Å². The van der Waals surface area contributed by atoms with Crippen LogP contribution in [0.3, 0.4) is 0 Å². The fourth-order valence-electron chi connectivity index (χ4n) is 7.22. The van der Waals surface area contributed by atoms with Gasteiger partial charge < -0.3 is 18.9 Å². The number of carbonyl (C=O) groups is 1. The molecule has 1 spiro atoms. The summed E-state index contributed by atoms with van der Waals surface area (Å²) in [5.74, 6) is 1.38. The maximum atomic E-state index is 12.2. The third-order valence-electron chi connectivity index (χ3n) is 8.10. The van der Waals surface area contributed by atoms with Gasteiger partial charge in [-0.15, -0.1) is 0 Å². The molecule has 1 unspecified atom stereocenters. The van der Waals surface area contributed by atoms with Gasteiger partial charge in [0.25, 0.3) is 0 Å². The van der Waals surface area contributed by atoms with E-state index in [0.717, 1.165) is 31.6 Å². The molecule has 5 fully saturated rings. The van der Waals surface area contributed by atoms with Crippen molar-refractivity contribution in [1.29, 1.82) is 0 Å². The van der Waals surface area contributed by atoms with E-state index >= 15 is 0 Å². The molecule has 0 aromatic heterocycles. The predicted octanol–water partition coefficient (Wildman–Crippen LogP) is 2.87. The number of hydrogen-bond acceptors (Lipinski definition) is 6. The number of esters is 1. The van der Waals surface area contributed by atoms with Crippen LogP contribution in [0.4, 0.5) is 0 Å². The Morgan fingerprint density at radius 3 is 2.96 bits per heavy atom. The van der Waals surface area contributed by atoms with E-state index in [0.29, 0.717) is 29.1 Å². The minimum atomic E-state index is -0.609. The number of hydrogen-bond donors (Lipinski definition) is 0. The maximum Gasteiger partial charge on any atom is 0.343 e. The summed E-state index contributed by atoms with van der Waals surface area (Å²) in [6, 6.07) is 0.445. The predicted molar refractivity (Wildman–Crippen MR) is 99.6 cm³/mol. The molecule has 0 aromatic carbocycles. The Kier molecular flexibility index (Phi) is 3.19. The van der Waals surface area contributed by atoms with Crippen molar-refractivity contribution >= 4 is 5.97 Å². The molecule has 6 rings (SSSR count). The van der Waals surface area contributed by atoms with Crippen LogP contribution in [0.15, 0.2) is 35.0 Å². The number of ether oxygens (including phenoxy) is 4. The van der Waals surface area contributed by atoms with E-state index in [1.807, 2.05) is 0 Å². The van der Waals surface area contributed by atoms with Crippen LogP contribution in [0, 0.1) is 17.8 Å². The highest BCUT2D eigenvalue weighted by molar-refractivity contribution is 5.93. The minimum Gasteiger partial charge on any atom is -0.492 e. The summed E-state index contributed by atoms with van der Waals surface area (Å²) in [4.78, 5) is 14.9. The van der Waals surface area contributed by atoms with Gasteiger partial charge in [-0.3, -0.25) is 4.90 Å². The first kappa shape index (κ1) is 17.1. The Morgan fingerprint density at radius 2 is 2.21 bits per heavy atom. The van der Waals surface area contributed by atoms with E-state index < -0.39 is 5.79 Å². The molecule has 0 radical (unpaired) electrons. The molecule has 28 heavy (non-hydrogen) atoms. The lowest BCUT2D eigenvalue weighted by Gasteiger charge is -2.47. The highest BCUT2D eigenvalue weighted by Gasteiger charge is 2.83. The van der Waals surface area contributed by atoms with E-state index in [1.165, 1.54) is 0 Å². The zero-order valence-corrected chi connectivity index (χ0v) is 16.9. The third-order valence-corrected chi connectivity index (χ3v) is 8.10. The Morgan fingerprint density at radius 1 is 1.39 bits per heavy atom. The van der Waals surface area contributed by atoms with E-state index in [1.54, 1.807) is 14.0 Å². The van der Waals surface area contributed by atoms with Gasteiger partial charge in [-0.1, -0.05) is 26.0 Å². The van der Waals surface area contributed by atoms with Crippen LogP contribution in [-0.2, 0) is 23.7 Å². The Balaban J connectivity index is 1.49. The molecule has 0 saturated carbocycles. The number of nitrogens with zero attached hydrogens (tertiary/aromatic N) is 1. The molecular weight excluding hydrogens is 358 g/mol. The van der Waals surface area contributed by atoms with Crippen LogP contribution < -0.4 is 0 Å². The second kappa shape index (κ2) is 5.22. The SMILES string of the molecule is CC/C=C/[C@]12[C@@H]3C[C@@H]4[C@H]5[C@H](C)/C(=C6\OC(=O)C(C)=C6OC)O[C@]5(O3)[C@@H]1CCN42. The van der Waals surface area contributed by atoms with Gasteiger partial charge in [0.15, 0.2) is 5.76 Å². The van der Waals surface area contributed by atoms with Crippen molar-refractivity contribution < 1.29 is 23.7 Å². The van der Waals surface area contributed by atoms with Crippen molar-refractivity contribution in [2.75, 3.05) is 13.7 Å². The summed E-state index contributed by atoms with van der Waals surface area (Å²) in [6.45, 7) is 7.21. The standard InChI is InChI=1S/C22H27NO5/c1-5-6-8-21-14-7-9-23(21)13-10-15(21)27-22(14)16(13)11(2)18(28-22)19-17(25-4)12(3)20(24)26-19/h6,8,11,13-16H,5,7,9-10H2,1-4H3/b8-6+,19-18+/t11-,13+,14+,15-,16+,21+,22+/m0/s1. The zero-order valence-electron chi connectivity index (χ0n) is 16.9. The fraction of sp³-hybridized carbons (Fsp3) is 0.682. The highest BCUT2D eigenvalue weighted by atomic mass is 16.7. The van der Waals surface area contributed by atoms with Crippen LogP contribution in [0.5, 0.6) is 0 Å².